The second-order valence-electron chi connectivity index (χ2n) is 6.71. The van der Waals surface area contributed by atoms with Crippen LogP contribution in [0.15, 0.2) is 0 Å². The molecule has 1 aliphatic heterocycles. The molecular formula is C14H29NO. The third-order valence-corrected chi connectivity index (χ3v) is 3.16. The Labute approximate surface area is 101 Å². The predicted octanol–water partition coefficient (Wildman–Crippen LogP) is 3.50. The van der Waals surface area contributed by atoms with Crippen molar-refractivity contribution in [3.05, 3.63) is 0 Å². The van der Waals surface area contributed by atoms with Gasteiger partial charge in [0.25, 0.3) is 0 Å². The van der Waals surface area contributed by atoms with Gasteiger partial charge in [-0.3, -0.25) is 0 Å². The molecule has 0 spiro atoms. The van der Waals surface area contributed by atoms with E-state index in [-0.39, 0.29) is 11.1 Å². The van der Waals surface area contributed by atoms with Crippen molar-refractivity contribution in [2.24, 2.45) is 0 Å². The molecule has 16 heavy (non-hydrogen) atoms. The maximum atomic E-state index is 5.98. The molecule has 0 amide bonds. The fraction of sp³-hybridized carbons (Fsp3) is 1.00. The highest BCUT2D eigenvalue weighted by atomic mass is 16.5. The van der Waals surface area contributed by atoms with Crippen molar-refractivity contribution < 1.29 is 4.74 Å². The lowest BCUT2D eigenvalue weighted by molar-refractivity contribution is -0.0190. The van der Waals surface area contributed by atoms with Crippen molar-refractivity contribution >= 4 is 0 Å². The molecule has 1 rings (SSSR count). The second-order valence-corrected chi connectivity index (χ2v) is 6.71. The lowest BCUT2D eigenvalue weighted by atomic mass is 10.0. The van der Waals surface area contributed by atoms with Crippen molar-refractivity contribution in [3.63, 3.8) is 0 Å². The normalized spacial score (nSPS) is 24.9. The zero-order valence-electron chi connectivity index (χ0n) is 11.7. The maximum absolute atomic E-state index is 5.98. The van der Waals surface area contributed by atoms with Crippen LogP contribution in [0.4, 0.5) is 0 Å². The first-order chi connectivity index (χ1) is 7.29. The van der Waals surface area contributed by atoms with Crippen LogP contribution in [0, 0.1) is 0 Å². The molecule has 1 unspecified atom stereocenters. The van der Waals surface area contributed by atoms with Crippen molar-refractivity contribution in [2.45, 2.75) is 84.0 Å². The van der Waals surface area contributed by atoms with Crippen LogP contribution in [0.1, 0.15) is 66.7 Å². The zero-order chi connectivity index (χ0) is 12.2. The number of hydrogen-bond acceptors (Lipinski definition) is 2. The first-order valence-electron chi connectivity index (χ1n) is 6.71. The van der Waals surface area contributed by atoms with E-state index in [1.807, 2.05) is 0 Å². The average molecular weight is 227 g/mol. The monoisotopic (exact) mass is 227 g/mol. The summed E-state index contributed by atoms with van der Waals surface area (Å²) < 4.78 is 5.98. The minimum absolute atomic E-state index is 0.133. The molecule has 0 aromatic rings. The summed E-state index contributed by atoms with van der Waals surface area (Å²) in [7, 11) is 0. The maximum Gasteiger partial charge on any atom is 0.0631 e. The SMILES string of the molecule is CC(C)(C)NCCCCC1CCC(C)(C)O1. The molecule has 0 aromatic heterocycles. The van der Waals surface area contributed by atoms with Crippen molar-refractivity contribution in [1.82, 2.24) is 5.32 Å². The highest BCUT2D eigenvalue weighted by molar-refractivity contribution is 4.80. The molecule has 2 heteroatoms. The van der Waals surface area contributed by atoms with Gasteiger partial charge in [0.05, 0.1) is 11.7 Å². The van der Waals surface area contributed by atoms with Crippen LogP contribution in [0.3, 0.4) is 0 Å². The summed E-state index contributed by atoms with van der Waals surface area (Å²) in [5, 5.41) is 3.52. The summed E-state index contributed by atoms with van der Waals surface area (Å²) in [4.78, 5) is 0. The summed E-state index contributed by atoms with van der Waals surface area (Å²) in [5.41, 5.74) is 0.389. The summed E-state index contributed by atoms with van der Waals surface area (Å²) >= 11 is 0. The Morgan fingerprint density at radius 3 is 2.44 bits per heavy atom. The minimum Gasteiger partial charge on any atom is -0.372 e. The number of hydrogen-bond donors (Lipinski definition) is 1. The van der Waals surface area contributed by atoms with Crippen LogP contribution in [0.5, 0.6) is 0 Å². The molecule has 1 heterocycles. The molecule has 0 aliphatic carbocycles. The molecule has 1 atom stereocenters. The van der Waals surface area contributed by atoms with Gasteiger partial charge in [-0.1, -0.05) is 0 Å². The highest BCUT2D eigenvalue weighted by Crippen LogP contribution is 2.31. The molecule has 96 valence electrons. The summed E-state index contributed by atoms with van der Waals surface area (Å²) in [6.07, 6.45) is 6.76. The molecule has 0 bridgehead atoms. The molecule has 1 fully saturated rings. The summed E-state index contributed by atoms with van der Waals surface area (Å²) in [6.45, 7) is 12.2. The topological polar surface area (TPSA) is 21.3 Å². The van der Waals surface area contributed by atoms with E-state index < -0.39 is 0 Å². The second kappa shape index (κ2) is 5.50. The number of nitrogens with one attached hydrogen (secondary N) is 1. The molecule has 1 saturated heterocycles. The smallest absolute Gasteiger partial charge is 0.0631 e. The van der Waals surface area contributed by atoms with Crippen LogP contribution in [-0.4, -0.2) is 23.8 Å². The van der Waals surface area contributed by atoms with E-state index in [0.717, 1.165) is 6.54 Å². The van der Waals surface area contributed by atoms with Gasteiger partial charge in [-0.2, -0.15) is 0 Å². The third kappa shape index (κ3) is 5.86. The zero-order valence-corrected chi connectivity index (χ0v) is 11.7. The van der Waals surface area contributed by atoms with E-state index in [0.29, 0.717) is 6.10 Å². The Balaban J connectivity index is 2.00. The van der Waals surface area contributed by atoms with Gasteiger partial charge >= 0.3 is 0 Å². The Hall–Kier alpha value is -0.0800. The van der Waals surface area contributed by atoms with Gasteiger partial charge in [-0.15, -0.1) is 0 Å². The molecule has 1 aliphatic rings. The van der Waals surface area contributed by atoms with Gasteiger partial charge in [-0.05, 0) is 73.3 Å². The average Bonchev–Trinajstić information content (AvgIpc) is 2.43. The lowest BCUT2D eigenvalue weighted by Crippen LogP contribution is -2.36. The number of rotatable bonds is 5. The Kier molecular flexibility index (Phi) is 4.81. The van der Waals surface area contributed by atoms with E-state index in [1.54, 1.807) is 0 Å². The van der Waals surface area contributed by atoms with Gasteiger partial charge < -0.3 is 10.1 Å². The van der Waals surface area contributed by atoms with Gasteiger partial charge in [0.15, 0.2) is 0 Å². The Morgan fingerprint density at radius 1 is 1.25 bits per heavy atom. The molecular weight excluding hydrogens is 198 g/mol. The van der Waals surface area contributed by atoms with Gasteiger partial charge in [-0.25, -0.2) is 0 Å². The Bertz CT molecular complexity index is 205. The first-order valence-corrected chi connectivity index (χ1v) is 6.71. The molecule has 0 radical (unpaired) electrons. The molecule has 2 nitrogen and oxygen atoms in total. The van der Waals surface area contributed by atoms with Crippen LogP contribution < -0.4 is 5.32 Å². The van der Waals surface area contributed by atoms with E-state index in [1.165, 1.54) is 32.1 Å². The van der Waals surface area contributed by atoms with E-state index in [4.69, 9.17) is 4.74 Å². The van der Waals surface area contributed by atoms with Crippen LogP contribution >= 0.6 is 0 Å². The quantitative estimate of drug-likeness (QED) is 0.726. The standard InChI is InChI=1S/C14H29NO/c1-13(2,3)15-11-7-6-8-12-9-10-14(4,5)16-12/h12,15H,6-11H2,1-5H3. The predicted molar refractivity (Wildman–Crippen MR) is 69.8 cm³/mol. The number of unbranched alkanes of at least 4 members (excludes halogenated alkanes) is 1. The summed E-state index contributed by atoms with van der Waals surface area (Å²) in [5.74, 6) is 0. The van der Waals surface area contributed by atoms with Crippen molar-refractivity contribution in [1.29, 1.82) is 0 Å². The van der Waals surface area contributed by atoms with Crippen molar-refractivity contribution in [3.8, 4) is 0 Å². The van der Waals surface area contributed by atoms with Crippen LogP contribution in [-0.2, 0) is 4.74 Å². The third-order valence-electron chi connectivity index (χ3n) is 3.16. The lowest BCUT2D eigenvalue weighted by Gasteiger charge is -2.21. The highest BCUT2D eigenvalue weighted by Gasteiger charge is 2.30. The first kappa shape index (κ1) is 14.0. The fourth-order valence-corrected chi connectivity index (χ4v) is 2.24. The minimum atomic E-state index is 0.133. The van der Waals surface area contributed by atoms with Crippen LogP contribution in [0.2, 0.25) is 0 Å². The molecule has 0 saturated carbocycles. The number of ether oxygens (including phenoxy) is 1. The summed E-state index contributed by atoms with van der Waals surface area (Å²) in [6, 6.07) is 0. The molecule has 0 aromatic carbocycles. The van der Waals surface area contributed by atoms with Crippen molar-refractivity contribution in [2.75, 3.05) is 6.54 Å². The molecule has 1 N–H and O–H groups in total. The fourth-order valence-electron chi connectivity index (χ4n) is 2.24. The van der Waals surface area contributed by atoms with Gasteiger partial charge in [0.2, 0.25) is 0 Å². The Morgan fingerprint density at radius 2 is 1.94 bits per heavy atom. The van der Waals surface area contributed by atoms with E-state index >= 15 is 0 Å². The van der Waals surface area contributed by atoms with Gasteiger partial charge in [0.1, 0.15) is 0 Å². The van der Waals surface area contributed by atoms with Crippen LogP contribution in [0.25, 0.3) is 0 Å². The largest absolute Gasteiger partial charge is 0.372 e. The van der Waals surface area contributed by atoms with E-state index in [9.17, 15) is 0 Å². The van der Waals surface area contributed by atoms with Gasteiger partial charge in [0, 0.05) is 5.54 Å². The van der Waals surface area contributed by atoms with E-state index in [2.05, 4.69) is 39.9 Å².